The van der Waals surface area contributed by atoms with E-state index in [9.17, 15) is 13.6 Å². The van der Waals surface area contributed by atoms with Crippen LogP contribution in [0.4, 0.5) is 8.78 Å². The van der Waals surface area contributed by atoms with Gasteiger partial charge in [-0.25, -0.2) is 23.4 Å². The average Bonchev–Trinajstić information content (AvgIpc) is 3.34. The fourth-order valence-electron chi connectivity index (χ4n) is 3.85. The maximum Gasteiger partial charge on any atom is 0.267 e. The Balaban J connectivity index is 1.36. The third-order valence-electron chi connectivity index (χ3n) is 5.49. The van der Waals surface area contributed by atoms with Crippen LogP contribution in [0.5, 0.6) is 5.75 Å². The maximum atomic E-state index is 13.6. The third kappa shape index (κ3) is 4.99. The van der Waals surface area contributed by atoms with Gasteiger partial charge in [0, 0.05) is 29.8 Å². The lowest BCUT2D eigenvalue weighted by atomic mass is 10.1. The van der Waals surface area contributed by atoms with Gasteiger partial charge in [0.1, 0.15) is 17.7 Å². The van der Waals surface area contributed by atoms with Crippen LogP contribution in [0.15, 0.2) is 71.8 Å². The van der Waals surface area contributed by atoms with Gasteiger partial charge in [0.15, 0.2) is 11.6 Å². The lowest BCUT2D eigenvalue weighted by Gasteiger charge is -2.12. The van der Waals surface area contributed by atoms with Crippen LogP contribution in [0.25, 0.3) is 22.6 Å². The Hall–Kier alpha value is -3.98. The van der Waals surface area contributed by atoms with Gasteiger partial charge >= 0.3 is 0 Å². The van der Waals surface area contributed by atoms with Crippen LogP contribution < -0.4 is 15.6 Å². The summed E-state index contributed by atoms with van der Waals surface area (Å²) in [6.07, 6.45) is 4.39. The molecule has 1 atom stereocenters. The second-order valence-corrected chi connectivity index (χ2v) is 8.05. The van der Waals surface area contributed by atoms with Crippen molar-refractivity contribution in [1.82, 2.24) is 25.1 Å². The van der Waals surface area contributed by atoms with E-state index in [0.717, 1.165) is 36.7 Å². The van der Waals surface area contributed by atoms with Crippen molar-refractivity contribution in [2.75, 3.05) is 13.1 Å². The molecule has 9 heteroatoms. The smallest absolute Gasteiger partial charge is 0.267 e. The molecule has 172 valence electrons. The van der Waals surface area contributed by atoms with Crippen molar-refractivity contribution in [2.24, 2.45) is 0 Å². The lowest BCUT2D eigenvalue weighted by molar-refractivity contribution is 0.221. The largest absolute Gasteiger partial charge is 0.486 e. The monoisotopic (exact) mass is 461 g/mol. The van der Waals surface area contributed by atoms with Crippen LogP contribution in [0.2, 0.25) is 0 Å². The lowest BCUT2D eigenvalue weighted by Crippen LogP contribution is -2.22. The molecule has 1 N–H and O–H groups in total. The van der Waals surface area contributed by atoms with Crippen LogP contribution in [-0.2, 0) is 6.54 Å². The molecule has 2 aromatic carbocycles. The van der Waals surface area contributed by atoms with E-state index in [-0.39, 0.29) is 23.8 Å². The fourth-order valence-corrected chi connectivity index (χ4v) is 3.85. The minimum Gasteiger partial charge on any atom is -0.486 e. The molecule has 3 heterocycles. The highest BCUT2D eigenvalue weighted by atomic mass is 19.1. The molecule has 1 aliphatic heterocycles. The maximum absolute atomic E-state index is 13.6. The molecule has 1 fully saturated rings. The van der Waals surface area contributed by atoms with Crippen molar-refractivity contribution in [3.63, 3.8) is 0 Å². The summed E-state index contributed by atoms with van der Waals surface area (Å²) in [4.78, 5) is 21.2. The van der Waals surface area contributed by atoms with E-state index in [1.807, 2.05) is 24.3 Å². The second kappa shape index (κ2) is 9.48. The van der Waals surface area contributed by atoms with Gasteiger partial charge in [-0.2, -0.15) is 5.10 Å². The second-order valence-electron chi connectivity index (χ2n) is 8.05. The summed E-state index contributed by atoms with van der Waals surface area (Å²) in [6, 6.07) is 13.4. The number of ether oxygens (including phenoxy) is 1. The van der Waals surface area contributed by atoms with Gasteiger partial charge in [-0.3, -0.25) is 4.79 Å². The molecule has 34 heavy (non-hydrogen) atoms. The molecule has 5 rings (SSSR count). The SMILES string of the molecule is O=c1ccc(-c2cc(F)cc(F)c2)nn1Cc1cccc(-c2ncc(OC3CCNC3)cn2)c1. The van der Waals surface area contributed by atoms with Crippen molar-refractivity contribution in [1.29, 1.82) is 0 Å². The number of aromatic nitrogens is 4. The first-order valence-corrected chi connectivity index (χ1v) is 10.9. The molecular weight excluding hydrogens is 440 g/mol. The summed E-state index contributed by atoms with van der Waals surface area (Å²) in [5.41, 5.74) is 1.80. The highest BCUT2D eigenvalue weighted by Crippen LogP contribution is 2.21. The van der Waals surface area contributed by atoms with Crippen LogP contribution in [0, 0.1) is 11.6 Å². The molecule has 0 saturated carbocycles. The molecule has 0 bridgehead atoms. The Morgan fingerprint density at radius 3 is 2.53 bits per heavy atom. The molecule has 0 radical (unpaired) electrons. The number of benzene rings is 2. The van der Waals surface area contributed by atoms with Crippen molar-refractivity contribution in [2.45, 2.75) is 19.1 Å². The summed E-state index contributed by atoms with van der Waals surface area (Å²) in [6.45, 7) is 1.93. The summed E-state index contributed by atoms with van der Waals surface area (Å²) < 4.78 is 34.3. The van der Waals surface area contributed by atoms with Gasteiger partial charge in [-0.15, -0.1) is 0 Å². The van der Waals surface area contributed by atoms with E-state index < -0.39 is 11.6 Å². The number of nitrogens with one attached hydrogen (secondary N) is 1. The van der Waals surface area contributed by atoms with Crippen molar-refractivity contribution in [3.8, 4) is 28.4 Å². The number of hydrogen-bond donors (Lipinski definition) is 1. The molecule has 1 unspecified atom stereocenters. The van der Waals surface area contributed by atoms with Gasteiger partial charge in [0.2, 0.25) is 0 Å². The third-order valence-corrected chi connectivity index (χ3v) is 5.49. The van der Waals surface area contributed by atoms with E-state index in [0.29, 0.717) is 17.3 Å². The van der Waals surface area contributed by atoms with Crippen LogP contribution in [0.3, 0.4) is 0 Å². The molecule has 1 saturated heterocycles. The van der Waals surface area contributed by atoms with E-state index in [1.54, 1.807) is 12.4 Å². The quantitative estimate of drug-likeness (QED) is 0.474. The Kier molecular flexibility index (Phi) is 6.09. The van der Waals surface area contributed by atoms with E-state index in [2.05, 4.69) is 20.4 Å². The van der Waals surface area contributed by atoms with Gasteiger partial charge < -0.3 is 10.1 Å². The summed E-state index contributed by atoms with van der Waals surface area (Å²) in [7, 11) is 0. The molecule has 7 nitrogen and oxygen atoms in total. The minimum absolute atomic E-state index is 0.128. The molecule has 2 aromatic heterocycles. The Bertz CT molecular complexity index is 1350. The summed E-state index contributed by atoms with van der Waals surface area (Å²) in [5.74, 6) is -0.268. The Morgan fingerprint density at radius 1 is 1.00 bits per heavy atom. The predicted molar refractivity (Wildman–Crippen MR) is 122 cm³/mol. The fraction of sp³-hybridized carbons (Fsp3) is 0.200. The molecule has 1 aliphatic rings. The Labute approximate surface area is 194 Å². The van der Waals surface area contributed by atoms with Gasteiger partial charge in [-0.05, 0) is 42.8 Å². The van der Waals surface area contributed by atoms with E-state index >= 15 is 0 Å². The standard InChI is InChI=1S/C25H21F2N5O2/c26-19-9-18(10-20(27)11-19)23-4-5-24(33)32(31-23)15-16-2-1-3-17(8-16)25-29-13-22(14-30-25)34-21-6-7-28-12-21/h1-5,8-11,13-14,21,28H,6-7,12,15H2. The minimum atomic E-state index is -0.710. The zero-order chi connectivity index (χ0) is 23.5. The number of nitrogens with zero attached hydrogens (tertiary/aromatic N) is 4. The zero-order valence-corrected chi connectivity index (χ0v) is 18.1. The first kappa shape index (κ1) is 21.8. The number of hydrogen-bond acceptors (Lipinski definition) is 6. The van der Waals surface area contributed by atoms with Crippen LogP contribution >= 0.6 is 0 Å². The Morgan fingerprint density at radius 2 is 1.79 bits per heavy atom. The first-order chi connectivity index (χ1) is 16.5. The van der Waals surface area contributed by atoms with E-state index in [4.69, 9.17) is 4.74 Å². The molecule has 0 spiro atoms. The normalized spacial score (nSPS) is 15.4. The number of halogens is 2. The molecular formula is C25H21F2N5O2. The topological polar surface area (TPSA) is 81.9 Å². The molecule has 0 amide bonds. The van der Waals surface area contributed by atoms with Gasteiger partial charge in [-0.1, -0.05) is 18.2 Å². The number of rotatable bonds is 6. The van der Waals surface area contributed by atoms with Crippen LogP contribution in [-0.4, -0.2) is 38.9 Å². The van der Waals surface area contributed by atoms with Gasteiger partial charge in [0.25, 0.3) is 5.56 Å². The van der Waals surface area contributed by atoms with Crippen molar-refractivity contribution >= 4 is 0 Å². The molecule has 4 aromatic rings. The van der Waals surface area contributed by atoms with Crippen LogP contribution in [0.1, 0.15) is 12.0 Å². The average molecular weight is 461 g/mol. The van der Waals surface area contributed by atoms with E-state index in [1.165, 1.54) is 28.9 Å². The zero-order valence-electron chi connectivity index (χ0n) is 18.1. The highest BCUT2D eigenvalue weighted by molar-refractivity contribution is 5.58. The summed E-state index contributed by atoms with van der Waals surface area (Å²) in [5, 5.41) is 7.55. The molecule has 0 aliphatic carbocycles. The van der Waals surface area contributed by atoms with Gasteiger partial charge in [0.05, 0.1) is 24.6 Å². The first-order valence-electron chi connectivity index (χ1n) is 10.9. The van der Waals surface area contributed by atoms with Crippen molar-refractivity contribution < 1.29 is 13.5 Å². The predicted octanol–water partition coefficient (Wildman–Crippen LogP) is 3.43. The summed E-state index contributed by atoms with van der Waals surface area (Å²) >= 11 is 0. The van der Waals surface area contributed by atoms with Crippen molar-refractivity contribution in [3.05, 3.63) is 94.5 Å². The highest BCUT2D eigenvalue weighted by Gasteiger charge is 2.16.